The van der Waals surface area contributed by atoms with Gasteiger partial charge in [0.05, 0.1) is 11.4 Å². The SMILES string of the molecule is Cc1cc(Br)ccc1N(C(=N)N)c1cccc2ccccc12. The summed E-state index contributed by atoms with van der Waals surface area (Å²) in [6, 6.07) is 20.1. The molecule has 0 amide bonds. The minimum absolute atomic E-state index is 0.00164. The Morgan fingerprint density at radius 1 is 1.00 bits per heavy atom. The number of fused-ring (bicyclic) bond motifs is 1. The van der Waals surface area contributed by atoms with E-state index in [4.69, 9.17) is 11.1 Å². The molecular weight excluding hydrogens is 338 g/mol. The number of aryl methyl sites for hydroxylation is 1. The largest absolute Gasteiger partial charge is 0.369 e. The maximum absolute atomic E-state index is 8.04. The number of nitrogens with zero attached hydrogens (tertiary/aromatic N) is 1. The van der Waals surface area contributed by atoms with E-state index in [9.17, 15) is 0 Å². The van der Waals surface area contributed by atoms with E-state index >= 15 is 0 Å². The molecule has 3 rings (SSSR count). The van der Waals surface area contributed by atoms with Crippen LogP contribution in [0.2, 0.25) is 0 Å². The minimum Gasteiger partial charge on any atom is -0.369 e. The normalized spacial score (nSPS) is 10.6. The molecule has 0 atom stereocenters. The standard InChI is InChI=1S/C18H16BrN3/c1-12-11-14(19)9-10-16(12)22(18(20)21)17-8-4-6-13-5-2-3-7-15(13)17/h2-11H,1H3,(H3,20,21). The molecule has 3 N–H and O–H groups in total. The maximum Gasteiger partial charge on any atom is 0.197 e. The summed E-state index contributed by atoms with van der Waals surface area (Å²) in [6.07, 6.45) is 0. The molecule has 0 saturated carbocycles. The molecule has 0 saturated heterocycles. The smallest absolute Gasteiger partial charge is 0.197 e. The topological polar surface area (TPSA) is 53.1 Å². The second-order valence-electron chi connectivity index (χ2n) is 5.15. The molecule has 0 aromatic heterocycles. The monoisotopic (exact) mass is 353 g/mol. The van der Waals surface area contributed by atoms with Gasteiger partial charge in [-0.15, -0.1) is 0 Å². The summed E-state index contributed by atoms with van der Waals surface area (Å²) in [5.41, 5.74) is 8.77. The highest BCUT2D eigenvalue weighted by Crippen LogP contribution is 2.34. The molecule has 0 radical (unpaired) electrons. The van der Waals surface area contributed by atoms with Gasteiger partial charge < -0.3 is 5.73 Å². The lowest BCUT2D eigenvalue weighted by atomic mass is 10.1. The molecule has 0 aliphatic rings. The summed E-state index contributed by atoms with van der Waals surface area (Å²) in [5, 5.41) is 10.2. The second-order valence-corrected chi connectivity index (χ2v) is 6.07. The van der Waals surface area contributed by atoms with Crippen molar-refractivity contribution in [2.45, 2.75) is 6.92 Å². The lowest BCUT2D eigenvalue weighted by Crippen LogP contribution is -2.32. The number of anilines is 2. The first-order valence-electron chi connectivity index (χ1n) is 6.96. The summed E-state index contributed by atoms with van der Waals surface area (Å²) >= 11 is 3.48. The van der Waals surface area contributed by atoms with Crippen molar-refractivity contribution in [3.8, 4) is 0 Å². The van der Waals surface area contributed by atoms with Crippen molar-refractivity contribution in [1.82, 2.24) is 0 Å². The number of hydrogen-bond acceptors (Lipinski definition) is 1. The number of benzene rings is 3. The van der Waals surface area contributed by atoms with Crippen LogP contribution in [0.1, 0.15) is 5.56 Å². The summed E-state index contributed by atoms with van der Waals surface area (Å²) in [7, 11) is 0. The Kier molecular flexibility index (Phi) is 3.86. The van der Waals surface area contributed by atoms with E-state index in [0.29, 0.717) is 0 Å². The number of hydrogen-bond donors (Lipinski definition) is 2. The molecular formula is C18H16BrN3. The fourth-order valence-electron chi connectivity index (χ4n) is 2.66. The zero-order valence-corrected chi connectivity index (χ0v) is 13.8. The van der Waals surface area contributed by atoms with Crippen molar-refractivity contribution in [2.24, 2.45) is 5.73 Å². The van der Waals surface area contributed by atoms with Gasteiger partial charge in [0.15, 0.2) is 5.96 Å². The van der Waals surface area contributed by atoms with Crippen LogP contribution in [0.4, 0.5) is 11.4 Å². The van der Waals surface area contributed by atoms with Crippen molar-refractivity contribution in [3.63, 3.8) is 0 Å². The van der Waals surface area contributed by atoms with Crippen molar-refractivity contribution < 1.29 is 0 Å². The second kappa shape index (κ2) is 5.81. The Hall–Kier alpha value is -2.33. The number of rotatable bonds is 2. The van der Waals surface area contributed by atoms with Crippen LogP contribution in [-0.4, -0.2) is 5.96 Å². The average molecular weight is 354 g/mol. The quantitative estimate of drug-likeness (QED) is 0.506. The molecule has 0 aliphatic carbocycles. The van der Waals surface area contributed by atoms with Crippen LogP contribution in [0.15, 0.2) is 65.1 Å². The van der Waals surface area contributed by atoms with Gasteiger partial charge >= 0.3 is 0 Å². The predicted octanol–water partition coefficient (Wildman–Crippen LogP) is 4.94. The minimum atomic E-state index is 0.00164. The van der Waals surface area contributed by atoms with Gasteiger partial charge in [-0.1, -0.05) is 52.3 Å². The molecule has 0 bridgehead atoms. The molecule has 4 heteroatoms. The Bertz CT molecular complexity index is 853. The summed E-state index contributed by atoms with van der Waals surface area (Å²) in [5.74, 6) is 0.00164. The van der Waals surface area contributed by atoms with Gasteiger partial charge in [0.1, 0.15) is 0 Å². The molecule has 3 nitrogen and oxygen atoms in total. The molecule has 22 heavy (non-hydrogen) atoms. The number of guanidine groups is 1. The third kappa shape index (κ3) is 2.57. The van der Waals surface area contributed by atoms with E-state index in [2.05, 4.69) is 34.1 Å². The molecule has 0 heterocycles. The highest BCUT2D eigenvalue weighted by atomic mass is 79.9. The number of nitrogens with two attached hydrogens (primary N) is 1. The Morgan fingerprint density at radius 3 is 2.45 bits per heavy atom. The first-order valence-corrected chi connectivity index (χ1v) is 7.75. The Morgan fingerprint density at radius 2 is 1.73 bits per heavy atom. The average Bonchev–Trinajstić information content (AvgIpc) is 2.49. The summed E-state index contributed by atoms with van der Waals surface area (Å²) in [6.45, 7) is 2.02. The van der Waals surface area contributed by atoms with Gasteiger partial charge in [0, 0.05) is 9.86 Å². The van der Waals surface area contributed by atoms with Crippen LogP contribution in [0.5, 0.6) is 0 Å². The van der Waals surface area contributed by atoms with Crippen molar-refractivity contribution in [2.75, 3.05) is 4.90 Å². The van der Waals surface area contributed by atoms with E-state index in [1.807, 2.05) is 49.4 Å². The van der Waals surface area contributed by atoms with Crippen LogP contribution in [0.25, 0.3) is 10.8 Å². The fourth-order valence-corrected chi connectivity index (χ4v) is 3.14. The highest BCUT2D eigenvalue weighted by Gasteiger charge is 2.17. The van der Waals surface area contributed by atoms with Gasteiger partial charge in [-0.2, -0.15) is 0 Å². The van der Waals surface area contributed by atoms with Gasteiger partial charge in [0.2, 0.25) is 0 Å². The van der Waals surface area contributed by atoms with Crippen LogP contribution < -0.4 is 10.6 Å². The van der Waals surface area contributed by atoms with Gasteiger partial charge in [-0.25, -0.2) is 0 Å². The molecule has 0 unspecified atom stereocenters. The number of halogens is 1. The van der Waals surface area contributed by atoms with Crippen molar-refractivity contribution in [3.05, 3.63) is 70.7 Å². The van der Waals surface area contributed by atoms with Crippen LogP contribution in [0.3, 0.4) is 0 Å². The molecule has 0 fully saturated rings. The van der Waals surface area contributed by atoms with Gasteiger partial charge in [-0.3, -0.25) is 10.3 Å². The highest BCUT2D eigenvalue weighted by molar-refractivity contribution is 9.10. The molecule has 0 aliphatic heterocycles. The first-order chi connectivity index (χ1) is 10.6. The lowest BCUT2D eigenvalue weighted by molar-refractivity contribution is 1.24. The van der Waals surface area contributed by atoms with Crippen LogP contribution in [-0.2, 0) is 0 Å². The lowest BCUT2D eigenvalue weighted by Gasteiger charge is -2.26. The van der Waals surface area contributed by atoms with Crippen LogP contribution in [0, 0.1) is 12.3 Å². The zero-order chi connectivity index (χ0) is 15.7. The third-order valence-electron chi connectivity index (χ3n) is 3.65. The van der Waals surface area contributed by atoms with Crippen LogP contribution >= 0.6 is 15.9 Å². The van der Waals surface area contributed by atoms with E-state index in [1.54, 1.807) is 4.90 Å². The third-order valence-corrected chi connectivity index (χ3v) is 4.14. The first kappa shape index (κ1) is 14.6. The van der Waals surface area contributed by atoms with Crippen molar-refractivity contribution in [1.29, 1.82) is 5.41 Å². The fraction of sp³-hybridized carbons (Fsp3) is 0.0556. The molecule has 0 spiro atoms. The van der Waals surface area contributed by atoms with Gasteiger partial charge in [-0.05, 0) is 42.1 Å². The zero-order valence-electron chi connectivity index (χ0n) is 12.2. The summed E-state index contributed by atoms with van der Waals surface area (Å²) in [4.78, 5) is 1.78. The van der Waals surface area contributed by atoms with Crippen molar-refractivity contribution >= 4 is 44.0 Å². The maximum atomic E-state index is 8.04. The van der Waals surface area contributed by atoms with E-state index < -0.39 is 0 Å². The molecule has 110 valence electrons. The van der Waals surface area contributed by atoms with E-state index in [1.165, 1.54) is 0 Å². The Labute approximate surface area is 138 Å². The number of nitrogens with one attached hydrogen (secondary N) is 1. The molecule has 3 aromatic carbocycles. The van der Waals surface area contributed by atoms with Gasteiger partial charge in [0.25, 0.3) is 0 Å². The predicted molar refractivity (Wildman–Crippen MR) is 96.9 cm³/mol. The summed E-state index contributed by atoms with van der Waals surface area (Å²) < 4.78 is 1.01. The van der Waals surface area contributed by atoms with E-state index in [-0.39, 0.29) is 5.96 Å². The van der Waals surface area contributed by atoms with E-state index in [0.717, 1.165) is 32.2 Å². The molecule has 3 aromatic rings. The Balaban J connectivity index is 2.25.